The number of fused-ring (bicyclic) bond motifs is 2. The molecule has 1 saturated heterocycles. The van der Waals surface area contributed by atoms with Crippen molar-refractivity contribution in [3.05, 3.63) is 60.7 Å². The third-order valence-electron chi connectivity index (χ3n) is 7.14. The molecule has 192 valence electrons. The molecule has 0 atom stereocenters. The van der Waals surface area contributed by atoms with Crippen molar-refractivity contribution < 1.29 is 12.4 Å². The Balaban J connectivity index is 0.00000280. The summed E-state index contributed by atoms with van der Waals surface area (Å²) in [4.78, 5) is 23.7. The van der Waals surface area contributed by atoms with Crippen molar-refractivity contribution in [3.8, 4) is 22.8 Å². The Kier molecular flexibility index (Phi) is 7.06. The fraction of sp³-hybridized carbons (Fsp3) is 0.286. The number of rotatable bonds is 6. The third kappa shape index (κ3) is 5.00. The van der Waals surface area contributed by atoms with Crippen LogP contribution in [0.5, 0.6) is 0 Å². The fourth-order valence-electron chi connectivity index (χ4n) is 4.89. The first-order valence-electron chi connectivity index (χ1n) is 12.5. The molecule has 1 aliphatic heterocycles. The van der Waals surface area contributed by atoms with Crippen molar-refractivity contribution in [1.82, 2.24) is 24.8 Å². The predicted octanol–water partition coefficient (Wildman–Crippen LogP) is 0.924. The van der Waals surface area contributed by atoms with Crippen molar-refractivity contribution in [2.24, 2.45) is 5.73 Å². The summed E-state index contributed by atoms with van der Waals surface area (Å²) in [5.74, 6) is 1.72. The van der Waals surface area contributed by atoms with Crippen molar-refractivity contribution in [3.63, 3.8) is 0 Å². The number of nitrogens with two attached hydrogens (primary N) is 1. The van der Waals surface area contributed by atoms with Gasteiger partial charge in [-0.25, -0.2) is 9.97 Å². The van der Waals surface area contributed by atoms with E-state index < -0.39 is 0 Å². The highest BCUT2D eigenvalue weighted by Crippen LogP contribution is 2.28. The third-order valence-corrected chi connectivity index (χ3v) is 7.14. The monoisotopic (exact) mass is 515 g/mol. The van der Waals surface area contributed by atoms with Gasteiger partial charge in [-0.1, -0.05) is 0 Å². The summed E-state index contributed by atoms with van der Waals surface area (Å²) in [7, 11) is 4.23. The molecule has 3 aromatic carbocycles. The van der Waals surface area contributed by atoms with E-state index in [0.717, 1.165) is 83.3 Å². The predicted molar refractivity (Wildman–Crippen MR) is 149 cm³/mol. The first-order chi connectivity index (χ1) is 17.6. The van der Waals surface area contributed by atoms with Gasteiger partial charge in [-0.15, -0.1) is 0 Å². The van der Waals surface area contributed by atoms with Crippen molar-refractivity contribution in [1.29, 1.82) is 0 Å². The van der Waals surface area contributed by atoms with E-state index in [1.54, 1.807) is 0 Å². The van der Waals surface area contributed by atoms with Gasteiger partial charge in [-0.05, 0) is 67.7 Å². The Bertz CT molecular complexity index is 1500. The van der Waals surface area contributed by atoms with Gasteiger partial charge in [0.05, 0.1) is 22.1 Å². The standard InChI is InChI=1S/C28H32N8.ClH/c1-34-13-15-36(16-14-34)22-8-10-24-26(18-22)33-28(31-24)20-5-9-23-25(17-20)32-27(30-23)19-3-6-21(7-4-19)35(2)12-11-29;/h3-10,17-18H,11-16,29H2,1-2H3,(H,30,32)(H,31,33);1H/p-1. The van der Waals surface area contributed by atoms with Gasteiger partial charge >= 0.3 is 0 Å². The molecule has 5 aromatic rings. The second-order valence-electron chi connectivity index (χ2n) is 9.65. The lowest BCUT2D eigenvalue weighted by molar-refractivity contribution is -0.00000752. The minimum atomic E-state index is 0. The lowest BCUT2D eigenvalue weighted by Gasteiger charge is -2.34. The van der Waals surface area contributed by atoms with Crippen LogP contribution in [0.4, 0.5) is 11.4 Å². The van der Waals surface area contributed by atoms with E-state index in [0.29, 0.717) is 6.54 Å². The maximum atomic E-state index is 5.68. The number of aromatic nitrogens is 4. The maximum Gasteiger partial charge on any atom is 0.138 e. The van der Waals surface area contributed by atoms with Gasteiger partial charge in [0.2, 0.25) is 0 Å². The number of nitrogens with one attached hydrogen (secondary N) is 2. The average molecular weight is 516 g/mol. The number of aromatic amines is 2. The Hall–Kier alpha value is -3.59. The summed E-state index contributed by atoms with van der Waals surface area (Å²) in [6, 6.07) is 21.2. The summed E-state index contributed by atoms with van der Waals surface area (Å²) in [6.45, 7) is 5.74. The molecule has 1 aliphatic rings. The second-order valence-corrected chi connectivity index (χ2v) is 9.65. The summed E-state index contributed by atoms with van der Waals surface area (Å²) >= 11 is 0. The van der Waals surface area contributed by atoms with E-state index in [4.69, 9.17) is 15.7 Å². The van der Waals surface area contributed by atoms with E-state index in [1.807, 2.05) is 0 Å². The molecular formula is C28H32ClN8-. The SMILES string of the molecule is CN1CCN(c2ccc3nc(-c4ccc5nc(-c6ccc(N(C)CCN)cc6)[nH]c5c4)[nH]c3c2)CC1.[Cl-]. The number of anilines is 2. The lowest BCUT2D eigenvalue weighted by atomic mass is 10.2. The van der Waals surface area contributed by atoms with Crippen LogP contribution >= 0.6 is 0 Å². The molecule has 0 amide bonds. The molecule has 37 heavy (non-hydrogen) atoms. The molecule has 6 rings (SSSR count). The largest absolute Gasteiger partial charge is 1.00 e. The van der Waals surface area contributed by atoms with Crippen LogP contribution in [0.15, 0.2) is 60.7 Å². The number of hydrogen-bond acceptors (Lipinski definition) is 6. The molecule has 0 spiro atoms. The van der Waals surface area contributed by atoms with E-state index in [2.05, 4.69) is 99.4 Å². The minimum absolute atomic E-state index is 0. The molecule has 4 N–H and O–H groups in total. The van der Waals surface area contributed by atoms with Crippen molar-refractivity contribution >= 4 is 33.4 Å². The number of piperazine rings is 1. The Labute approximate surface area is 222 Å². The minimum Gasteiger partial charge on any atom is -1.00 e. The number of halogens is 1. The molecule has 2 aromatic heterocycles. The van der Waals surface area contributed by atoms with Gasteiger partial charge < -0.3 is 42.8 Å². The van der Waals surface area contributed by atoms with Crippen LogP contribution in [0, 0.1) is 0 Å². The summed E-state index contributed by atoms with van der Waals surface area (Å²) < 4.78 is 0. The zero-order valence-corrected chi connectivity index (χ0v) is 22.0. The number of H-pyrrole nitrogens is 2. The smallest absolute Gasteiger partial charge is 0.138 e. The summed E-state index contributed by atoms with van der Waals surface area (Å²) in [6.07, 6.45) is 0. The molecule has 0 radical (unpaired) electrons. The number of hydrogen-bond donors (Lipinski definition) is 3. The molecule has 8 nitrogen and oxygen atoms in total. The Morgan fingerprint density at radius 3 is 2.08 bits per heavy atom. The van der Waals surface area contributed by atoms with Crippen molar-refractivity contribution in [2.75, 3.05) is 63.2 Å². The second kappa shape index (κ2) is 10.4. The van der Waals surface area contributed by atoms with Crippen LogP contribution in [0.1, 0.15) is 0 Å². The van der Waals surface area contributed by atoms with Crippen LogP contribution in [0.3, 0.4) is 0 Å². The number of imidazole rings is 2. The fourth-order valence-corrected chi connectivity index (χ4v) is 4.89. The molecule has 0 unspecified atom stereocenters. The first kappa shape index (κ1) is 25.1. The Morgan fingerprint density at radius 1 is 0.811 bits per heavy atom. The maximum absolute atomic E-state index is 5.68. The zero-order chi connectivity index (χ0) is 24.6. The van der Waals surface area contributed by atoms with E-state index in [1.165, 1.54) is 5.69 Å². The van der Waals surface area contributed by atoms with E-state index in [-0.39, 0.29) is 12.4 Å². The molecule has 0 aliphatic carbocycles. The molecule has 1 fully saturated rings. The molecule has 0 saturated carbocycles. The van der Waals surface area contributed by atoms with E-state index in [9.17, 15) is 0 Å². The normalized spacial score (nSPS) is 14.3. The summed E-state index contributed by atoms with van der Waals surface area (Å²) in [5.41, 5.74) is 14.1. The first-order valence-corrected chi connectivity index (χ1v) is 12.5. The van der Waals surface area contributed by atoms with Crippen LogP contribution in [0.2, 0.25) is 0 Å². The zero-order valence-electron chi connectivity index (χ0n) is 21.2. The molecule has 3 heterocycles. The van der Waals surface area contributed by atoms with E-state index >= 15 is 0 Å². The van der Waals surface area contributed by atoms with Crippen molar-refractivity contribution in [2.45, 2.75) is 0 Å². The number of nitrogens with zero attached hydrogens (tertiary/aromatic N) is 5. The number of benzene rings is 3. The molecule has 9 heteroatoms. The highest BCUT2D eigenvalue weighted by Gasteiger charge is 2.16. The molecular weight excluding hydrogens is 484 g/mol. The highest BCUT2D eigenvalue weighted by molar-refractivity contribution is 5.87. The van der Waals surface area contributed by atoms with Crippen LogP contribution in [-0.4, -0.2) is 78.2 Å². The van der Waals surface area contributed by atoms with Gasteiger partial charge in [0.1, 0.15) is 11.6 Å². The molecule has 0 bridgehead atoms. The Morgan fingerprint density at radius 2 is 1.41 bits per heavy atom. The van der Waals surface area contributed by atoms with Gasteiger partial charge in [0.25, 0.3) is 0 Å². The van der Waals surface area contributed by atoms with Crippen LogP contribution < -0.4 is 27.9 Å². The lowest BCUT2D eigenvalue weighted by Crippen LogP contribution is -3.00. The highest BCUT2D eigenvalue weighted by atomic mass is 35.5. The summed E-state index contributed by atoms with van der Waals surface area (Å²) in [5, 5.41) is 0. The topological polar surface area (TPSA) is 93.1 Å². The van der Waals surface area contributed by atoms with Gasteiger partial charge in [-0.2, -0.15) is 0 Å². The number of likely N-dealkylation sites (N-methyl/N-ethyl adjacent to an activating group) is 2. The van der Waals surface area contributed by atoms with Crippen LogP contribution in [-0.2, 0) is 0 Å². The average Bonchev–Trinajstić information content (AvgIpc) is 3.53. The van der Waals surface area contributed by atoms with Gasteiger partial charge in [0, 0.05) is 68.8 Å². The quantitative estimate of drug-likeness (QED) is 0.311. The van der Waals surface area contributed by atoms with Crippen LogP contribution in [0.25, 0.3) is 44.8 Å². The van der Waals surface area contributed by atoms with Gasteiger partial charge in [-0.3, -0.25) is 0 Å². The van der Waals surface area contributed by atoms with Gasteiger partial charge in [0.15, 0.2) is 0 Å².